The normalized spacial score (nSPS) is 11.2. The Hall–Kier alpha value is -0.590. The lowest BCUT2D eigenvalue weighted by Crippen LogP contribution is -1.83. The van der Waals surface area contributed by atoms with Crippen LogP contribution in [-0.4, -0.2) is 6.29 Å². The third kappa shape index (κ3) is 9.41. The number of rotatable bonds is 6. The maximum atomic E-state index is 9.91. The minimum absolute atomic E-state index is 0.665. The summed E-state index contributed by atoms with van der Waals surface area (Å²) >= 11 is 0. The number of unbranched alkanes of at least 4 members (excludes halogenated alkanes) is 1. The Morgan fingerprint density at radius 3 is 2.27 bits per heavy atom. The predicted molar refractivity (Wildman–Crippen MR) is 48.5 cm³/mol. The second kappa shape index (κ2) is 7.52. The van der Waals surface area contributed by atoms with Crippen LogP contribution in [0.2, 0.25) is 0 Å². The van der Waals surface area contributed by atoms with Crippen LogP contribution in [0.1, 0.15) is 39.5 Å². The highest BCUT2D eigenvalue weighted by Crippen LogP contribution is 2.04. The van der Waals surface area contributed by atoms with Crippen LogP contribution < -0.4 is 0 Å². The predicted octanol–water partition coefficient (Wildman–Crippen LogP) is 2.96. The van der Waals surface area contributed by atoms with E-state index in [2.05, 4.69) is 26.0 Å². The second-order valence-corrected chi connectivity index (χ2v) is 3.19. The fourth-order valence-corrected chi connectivity index (χ4v) is 0.830. The van der Waals surface area contributed by atoms with E-state index < -0.39 is 0 Å². The van der Waals surface area contributed by atoms with Gasteiger partial charge in [-0.2, -0.15) is 0 Å². The van der Waals surface area contributed by atoms with Crippen molar-refractivity contribution in [1.82, 2.24) is 0 Å². The molecule has 0 radical (unpaired) electrons. The fourth-order valence-electron chi connectivity index (χ4n) is 0.830. The first-order chi connectivity index (χ1) is 5.27. The Labute approximate surface area is 69.5 Å². The number of hydrogen-bond donors (Lipinski definition) is 0. The monoisotopic (exact) mass is 154 g/mol. The van der Waals surface area contributed by atoms with Crippen LogP contribution in [0, 0.1) is 5.92 Å². The molecule has 0 bridgehead atoms. The third-order valence-electron chi connectivity index (χ3n) is 1.53. The highest BCUT2D eigenvalue weighted by molar-refractivity contribution is 5.49. The number of aldehydes is 1. The highest BCUT2D eigenvalue weighted by atomic mass is 16.1. The molecule has 0 aliphatic rings. The Bertz CT molecular complexity index is 114. The fraction of sp³-hybridized carbons (Fsp3) is 0.700. The molecular formula is C10H18O. The van der Waals surface area contributed by atoms with Crippen molar-refractivity contribution in [3.05, 3.63) is 12.2 Å². The lowest BCUT2D eigenvalue weighted by molar-refractivity contribution is -0.107. The minimum Gasteiger partial charge on any atom is -0.303 e. The molecule has 1 nitrogen and oxygen atoms in total. The Morgan fingerprint density at radius 1 is 1.09 bits per heavy atom. The van der Waals surface area contributed by atoms with Crippen LogP contribution >= 0.6 is 0 Å². The van der Waals surface area contributed by atoms with Crippen LogP contribution in [0.15, 0.2) is 12.2 Å². The van der Waals surface area contributed by atoms with Gasteiger partial charge in [-0.05, 0) is 25.2 Å². The summed E-state index contributed by atoms with van der Waals surface area (Å²) in [5.74, 6) is 0.783. The van der Waals surface area contributed by atoms with Crippen molar-refractivity contribution in [2.75, 3.05) is 0 Å². The number of carbonyl (C=O) groups is 1. The summed E-state index contributed by atoms with van der Waals surface area (Å²) in [6.07, 6.45) is 9.20. The number of allylic oxidation sites excluding steroid dienone is 2. The molecule has 0 rings (SSSR count). The van der Waals surface area contributed by atoms with Crippen LogP contribution in [0.4, 0.5) is 0 Å². The summed E-state index contributed by atoms with van der Waals surface area (Å²) in [6, 6.07) is 0. The van der Waals surface area contributed by atoms with Gasteiger partial charge in [0, 0.05) is 6.42 Å². The van der Waals surface area contributed by atoms with E-state index in [1.807, 2.05) is 0 Å². The summed E-state index contributed by atoms with van der Waals surface area (Å²) in [4.78, 5) is 9.91. The van der Waals surface area contributed by atoms with Crippen molar-refractivity contribution >= 4 is 6.29 Å². The molecule has 0 aromatic carbocycles. The van der Waals surface area contributed by atoms with Gasteiger partial charge in [0.25, 0.3) is 0 Å². The van der Waals surface area contributed by atoms with Gasteiger partial charge in [-0.1, -0.05) is 26.0 Å². The van der Waals surface area contributed by atoms with Crippen molar-refractivity contribution in [3.63, 3.8) is 0 Å². The second-order valence-electron chi connectivity index (χ2n) is 3.19. The minimum atomic E-state index is 0.665. The molecule has 64 valence electrons. The Balaban J connectivity index is 3.09. The lowest BCUT2D eigenvalue weighted by Gasteiger charge is -1.98. The van der Waals surface area contributed by atoms with Gasteiger partial charge in [-0.3, -0.25) is 0 Å². The van der Waals surface area contributed by atoms with E-state index in [1.54, 1.807) is 0 Å². The third-order valence-corrected chi connectivity index (χ3v) is 1.53. The van der Waals surface area contributed by atoms with Gasteiger partial charge in [0.1, 0.15) is 6.29 Å². The van der Waals surface area contributed by atoms with Gasteiger partial charge in [0.2, 0.25) is 0 Å². The zero-order valence-electron chi connectivity index (χ0n) is 7.55. The summed E-state index contributed by atoms with van der Waals surface area (Å²) in [6.45, 7) is 4.44. The smallest absolute Gasteiger partial charge is 0.120 e. The average molecular weight is 154 g/mol. The summed E-state index contributed by atoms with van der Waals surface area (Å²) in [7, 11) is 0. The van der Waals surface area contributed by atoms with Crippen LogP contribution in [0.25, 0.3) is 0 Å². The van der Waals surface area contributed by atoms with Gasteiger partial charge in [0.15, 0.2) is 0 Å². The van der Waals surface area contributed by atoms with Crippen molar-refractivity contribution in [1.29, 1.82) is 0 Å². The Kier molecular flexibility index (Phi) is 7.11. The van der Waals surface area contributed by atoms with Crippen LogP contribution in [-0.2, 0) is 4.79 Å². The van der Waals surface area contributed by atoms with Gasteiger partial charge < -0.3 is 4.79 Å². The molecule has 0 fully saturated rings. The van der Waals surface area contributed by atoms with Crippen molar-refractivity contribution in [3.8, 4) is 0 Å². The molecular weight excluding hydrogens is 136 g/mol. The molecule has 0 spiro atoms. The Morgan fingerprint density at radius 2 is 1.73 bits per heavy atom. The molecule has 0 unspecified atom stereocenters. The molecule has 0 aromatic heterocycles. The van der Waals surface area contributed by atoms with E-state index in [0.29, 0.717) is 6.42 Å². The van der Waals surface area contributed by atoms with Crippen molar-refractivity contribution in [2.24, 2.45) is 5.92 Å². The average Bonchev–Trinajstić information content (AvgIpc) is 1.96. The topological polar surface area (TPSA) is 17.1 Å². The quantitative estimate of drug-likeness (QED) is 0.326. The van der Waals surface area contributed by atoms with Gasteiger partial charge in [-0.15, -0.1) is 0 Å². The highest BCUT2D eigenvalue weighted by Gasteiger charge is 1.88. The van der Waals surface area contributed by atoms with Crippen LogP contribution in [0.5, 0.6) is 0 Å². The molecule has 0 saturated carbocycles. The van der Waals surface area contributed by atoms with Crippen LogP contribution in [0.3, 0.4) is 0 Å². The van der Waals surface area contributed by atoms with E-state index in [0.717, 1.165) is 25.0 Å². The molecule has 0 aliphatic carbocycles. The summed E-state index contributed by atoms with van der Waals surface area (Å²) < 4.78 is 0. The molecule has 1 heteroatoms. The molecule has 0 aliphatic heterocycles. The zero-order valence-corrected chi connectivity index (χ0v) is 7.55. The first-order valence-electron chi connectivity index (χ1n) is 4.36. The van der Waals surface area contributed by atoms with Gasteiger partial charge in [-0.25, -0.2) is 0 Å². The lowest BCUT2D eigenvalue weighted by atomic mass is 10.1. The van der Waals surface area contributed by atoms with Crippen molar-refractivity contribution in [2.45, 2.75) is 39.5 Å². The first kappa shape index (κ1) is 10.4. The molecule has 0 atom stereocenters. The molecule has 0 saturated heterocycles. The largest absolute Gasteiger partial charge is 0.303 e. The standard InChI is InChI=1S/C10H18O/c1-10(2)8-6-4-3-5-7-9-11/h3-4,9-10H,5-8H2,1-2H3/b4-3+. The van der Waals surface area contributed by atoms with Crippen molar-refractivity contribution < 1.29 is 4.79 Å². The molecule has 11 heavy (non-hydrogen) atoms. The maximum Gasteiger partial charge on any atom is 0.120 e. The molecule has 0 heterocycles. The van der Waals surface area contributed by atoms with E-state index >= 15 is 0 Å². The summed E-state index contributed by atoms with van der Waals surface area (Å²) in [5.41, 5.74) is 0. The van der Waals surface area contributed by atoms with Gasteiger partial charge >= 0.3 is 0 Å². The van der Waals surface area contributed by atoms with E-state index in [9.17, 15) is 4.79 Å². The zero-order chi connectivity index (χ0) is 8.53. The maximum absolute atomic E-state index is 9.91. The number of hydrogen-bond acceptors (Lipinski definition) is 1. The van der Waals surface area contributed by atoms with E-state index in [4.69, 9.17) is 0 Å². The number of carbonyl (C=O) groups excluding carboxylic acids is 1. The van der Waals surface area contributed by atoms with E-state index in [-0.39, 0.29) is 0 Å². The molecule has 0 amide bonds. The molecule has 0 N–H and O–H groups in total. The first-order valence-corrected chi connectivity index (χ1v) is 4.36. The van der Waals surface area contributed by atoms with Gasteiger partial charge in [0.05, 0.1) is 0 Å². The SMILES string of the molecule is CC(C)CC/C=C/CCC=O. The van der Waals surface area contributed by atoms with E-state index in [1.165, 1.54) is 6.42 Å². The summed E-state index contributed by atoms with van der Waals surface area (Å²) in [5, 5.41) is 0. The molecule has 0 aromatic rings.